The largest absolute Gasteiger partial charge is 0.350 e. The minimum Gasteiger partial charge on any atom is -0.350 e. The zero-order valence-electron chi connectivity index (χ0n) is 10.8. The smallest absolute Gasteiger partial charge is 0.289 e. The highest BCUT2D eigenvalue weighted by molar-refractivity contribution is 5.58. The number of hydrogen-bond acceptors (Lipinski definition) is 6. The predicted molar refractivity (Wildman–Crippen MR) is 69.9 cm³/mol. The lowest BCUT2D eigenvalue weighted by atomic mass is 10.1. The van der Waals surface area contributed by atoms with Crippen LogP contribution < -0.4 is 10.2 Å². The van der Waals surface area contributed by atoms with Gasteiger partial charge in [0.1, 0.15) is 23.6 Å². The van der Waals surface area contributed by atoms with Crippen LogP contribution in [-0.2, 0) is 0 Å². The standard InChI is InChI=1S/C12H15N5O2/c1-8-7-16(9(2)5-14-8)12-10(4-13)3-11(6-15-12)17(18)19/h3,6,8-9,14H,5,7H2,1-2H3. The van der Waals surface area contributed by atoms with Gasteiger partial charge in [-0.1, -0.05) is 0 Å². The van der Waals surface area contributed by atoms with Gasteiger partial charge in [-0.15, -0.1) is 0 Å². The maximum absolute atomic E-state index is 10.7. The van der Waals surface area contributed by atoms with Gasteiger partial charge in [-0.05, 0) is 13.8 Å². The molecule has 1 aromatic heterocycles. The monoisotopic (exact) mass is 261 g/mol. The van der Waals surface area contributed by atoms with E-state index in [0.29, 0.717) is 11.9 Å². The molecule has 2 heterocycles. The average Bonchev–Trinajstić information content (AvgIpc) is 2.40. The van der Waals surface area contributed by atoms with E-state index in [9.17, 15) is 10.1 Å². The number of anilines is 1. The molecule has 0 spiro atoms. The summed E-state index contributed by atoms with van der Waals surface area (Å²) in [6.07, 6.45) is 1.20. The molecule has 1 aliphatic rings. The van der Waals surface area contributed by atoms with Crippen LogP contribution in [-0.4, -0.2) is 35.1 Å². The second kappa shape index (κ2) is 5.20. The lowest BCUT2D eigenvalue weighted by Gasteiger charge is -2.38. The molecule has 1 N–H and O–H groups in total. The molecule has 0 aromatic carbocycles. The van der Waals surface area contributed by atoms with E-state index in [1.807, 2.05) is 17.9 Å². The molecule has 0 aliphatic carbocycles. The number of nitriles is 1. The molecule has 7 nitrogen and oxygen atoms in total. The maximum Gasteiger partial charge on any atom is 0.289 e. The van der Waals surface area contributed by atoms with Crippen molar-refractivity contribution >= 4 is 11.5 Å². The summed E-state index contributed by atoms with van der Waals surface area (Å²) in [4.78, 5) is 16.3. The summed E-state index contributed by atoms with van der Waals surface area (Å²) < 4.78 is 0. The van der Waals surface area contributed by atoms with Crippen molar-refractivity contribution in [3.05, 3.63) is 27.9 Å². The first-order chi connectivity index (χ1) is 9.02. The number of nitrogens with one attached hydrogen (secondary N) is 1. The molecule has 2 rings (SSSR count). The molecule has 1 saturated heterocycles. The molecule has 0 saturated carbocycles. The molecular weight excluding hydrogens is 246 g/mol. The summed E-state index contributed by atoms with van der Waals surface area (Å²) in [5.74, 6) is 0.522. The lowest BCUT2D eigenvalue weighted by Crippen LogP contribution is -2.54. The molecule has 2 atom stereocenters. The van der Waals surface area contributed by atoms with E-state index in [2.05, 4.69) is 17.2 Å². The third kappa shape index (κ3) is 2.63. The van der Waals surface area contributed by atoms with Gasteiger partial charge < -0.3 is 10.2 Å². The van der Waals surface area contributed by atoms with Crippen molar-refractivity contribution in [3.63, 3.8) is 0 Å². The van der Waals surface area contributed by atoms with Gasteiger partial charge in [0, 0.05) is 31.2 Å². The van der Waals surface area contributed by atoms with Crippen molar-refractivity contribution in [2.75, 3.05) is 18.0 Å². The number of pyridine rings is 1. The molecule has 19 heavy (non-hydrogen) atoms. The number of rotatable bonds is 2. The Morgan fingerprint density at radius 1 is 1.63 bits per heavy atom. The molecule has 100 valence electrons. The number of piperazine rings is 1. The van der Waals surface area contributed by atoms with Gasteiger partial charge in [0.25, 0.3) is 5.69 Å². The topological polar surface area (TPSA) is 95.1 Å². The third-order valence-corrected chi connectivity index (χ3v) is 3.22. The van der Waals surface area contributed by atoms with Gasteiger partial charge in [0.05, 0.1) is 4.92 Å². The molecule has 1 aliphatic heterocycles. The zero-order chi connectivity index (χ0) is 14.0. The van der Waals surface area contributed by atoms with Crippen LogP contribution in [0.5, 0.6) is 0 Å². The zero-order valence-corrected chi connectivity index (χ0v) is 10.8. The van der Waals surface area contributed by atoms with E-state index in [1.54, 1.807) is 0 Å². The third-order valence-electron chi connectivity index (χ3n) is 3.22. The Bertz CT molecular complexity index is 539. The van der Waals surface area contributed by atoms with Crippen molar-refractivity contribution in [2.24, 2.45) is 0 Å². The first-order valence-electron chi connectivity index (χ1n) is 6.07. The summed E-state index contributed by atoms with van der Waals surface area (Å²) in [5, 5.41) is 23.2. The minimum atomic E-state index is -0.540. The van der Waals surface area contributed by atoms with Gasteiger partial charge in [-0.3, -0.25) is 10.1 Å². The summed E-state index contributed by atoms with van der Waals surface area (Å²) >= 11 is 0. The van der Waals surface area contributed by atoms with Crippen LogP contribution >= 0.6 is 0 Å². The van der Waals surface area contributed by atoms with Gasteiger partial charge in [-0.2, -0.15) is 5.26 Å². The number of nitrogens with zero attached hydrogens (tertiary/aromatic N) is 4. The molecule has 2 unspecified atom stereocenters. The van der Waals surface area contributed by atoms with E-state index < -0.39 is 4.92 Å². The van der Waals surface area contributed by atoms with Crippen LogP contribution in [0, 0.1) is 21.4 Å². The van der Waals surface area contributed by atoms with E-state index >= 15 is 0 Å². The first kappa shape index (κ1) is 13.2. The van der Waals surface area contributed by atoms with Crippen molar-refractivity contribution in [2.45, 2.75) is 25.9 Å². The quantitative estimate of drug-likeness (QED) is 0.631. The van der Waals surface area contributed by atoms with Crippen LogP contribution in [0.2, 0.25) is 0 Å². The van der Waals surface area contributed by atoms with Crippen molar-refractivity contribution in [1.82, 2.24) is 10.3 Å². The second-order valence-electron chi connectivity index (χ2n) is 4.74. The van der Waals surface area contributed by atoms with Gasteiger partial charge in [0.2, 0.25) is 0 Å². The fourth-order valence-corrected chi connectivity index (χ4v) is 2.17. The summed E-state index contributed by atoms with van der Waals surface area (Å²) in [7, 11) is 0. The summed E-state index contributed by atoms with van der Waals surface area (Å²) in [5.41, 5.74) is 0.0892. The normalized spacial score (nSPS) is 22.9. The highest BCUT2D eigenvalue weighted by Gasteiger charge is 2.26. The molecule has 1 aromatic rings. The van der Waals surface area contributed by atoms with E-state index in [1.165, 1.54) is 12.3 Å². The van der Waals surface area contributed by atoms with Crippen molar-refractivity contribution in [3.8, 4) is 6.07 Å². The Morgan fingerprint density at radius 3 is 3.00 bits per heavy atom. The second-order valence-corrected chi connectivity index (χ2v) is 4.74. The van der Waals surface area contributed by atoms with Crippen LogP contribution in [0.3, 0.4) is 0 Å². The summed E-state index contributed by atoms with van der Waals surface area (Å²) in [6.45, 7) is 5.60. The first-order valence-corrected chi connectivity index (χ1v) is 6.07. The fourth-order valence-electron chi connectivity index (χ4n) is 2.17. The number of nitro groups is 1. The molecule has 0 radical (unpaired) electrons. The fraction of sp³-hybridized carbons (Fsp3) is 0.500. The minimum absolute atomic E-state index is 0.156. The molecular formula is C12H15N5O2. The Morgan fingerprint density at radius 2 is 2.37 bits per heavy atom. The average molecular weight is 261 g/mol. The molecule has 0 bridgehead atoms. The number of hydrogen-bond donors (Lipinski definition) is 1. The van der Waals surface area contributed by atoms with Gasteiger partial charge in [0.15, 0.2) is 0 Å². The van der Waals surface area contributed by atoms with Crippen molar-refractivity contribution < 1.29 is 4.92 Å². The SMILES string of the molecule is CC1CN(c2ncc([N+](=O)[O-])cc2C#N)C(C)CN1. The Balaban J connectivity index is 2.39. The van der Waals surface area contributed by atoms with Crippen LogP contribution in [0.25, 0.3) is 0 Å². The van der Waals surface area contributed by atoms with Gasteiger partial charge in [-0.25, -0.2) is 4.98 Å². The van der Waals surface area contributed by atoms with E-state index in [0.717, 1.165) is 13.1 Å². The van der Waals surface area contributed by atoms with Crippen LogP contribution in [0.4, 0.5) is 11.5 Å². The molecule has 0 amide bonds. The molecule has 1 fully saturated rings. The highest BCUT2D eigenvalue weighted by Crippen LogP contribution is 2.24. The van der Waals surface area contributed by atoms with E-state index in [4.69, 9.17) is 5.26 Å². The Kier molecular flexibility index (Phi) is 3.62. The lowest BCUT2D eigenvalue weighted by molar-refractivity contribution is -0.385. The van der Waals surface area contributed by atoms with Crippen LogP contribution in [0.15, 0.2) is 12.3 Å². The van der Waals surface area contributed by atoms with Crippen LogP contribution in [0.1, 0.15) is 19.4 Å². The van der Waals surface area contributed by atoms with Crippen molar-refractivity contribution in [1.29, 1.82) is 5.26 Å². The Hall–Kier alpha value is -2.20. The Labute approximate surface area is 111 Å². The highest BCUT2D eigenvalue weighted by atomic mass is 16.6. The predicted octanol–water partition coefficient (Wildman–Crippen LogP) is 1.05. The summed E-state index contributed by atoms with van der Waals surface area (Å²) in [6, 6.07) is 3.76. The number of aromatic nitrogens is 1. The van der Waals surface area contributed by atoms with Gasteiger partial charge >= 0.3 is 0 Å². The van der Waals surface area contributed by atoms with E-state index in [-0.39, 0.29) is 17.3 Å². The molecule has 7 heteroatoms. The maximum atomic E-state index is 10.7.